The van der Waals surface area contributed by atoms with Crippen molar-refractivity contribution in [1.82, 2.24) is 19.9 Å². The zero-order valence-electron chi connectivity index (χ0n) is 32.4. The van der Waals surface area contributed by atoms with Crippen LogP contribution in [0, 0.1) is 46.3 Å². The van der Waals surface area contributed by atoms with Gasteiger partial charge in [0.15, 0.2) is 11.6 Å². The van der Waals surface area contributed by atoms with Crippen molar-refractivity contribution in [3.8, 4) is 34.9 Å². The lowest BCUT2D eigenvalue weighted by Gasteiger charge is -2.28. The Balaban J connectivity index is 0.000000204. The first-order valence-corrected chi connectivity index (χ1v) is 20.7. The van der Waals surface area contributed by atoms with E-state index in [4.69, 9.17) is 10.5 Å². The lowest BCUT2D eigenvalue weighted by molar-refractivity contribution is 0.249. The van der Waals surface area contributed by atoms with E-state index in [9.17, 15) is 0 Å². The second-order valence-electron chi connectivity index (χ2n) is 15.7. The molecule has 0 saturated heterocycles. The second kappa shape index (κ2) is 21.9. The molecule has 0 unspecified atom stereocenters. The van der Waals surface area contributed by atoms with Crippen LogP contribution in [0.2, 0.25) is 0 Å². The SMILES string of the molecule is CCCCC1CCC(CCc2cnc(-c3ccc(C#N)cc3)nc2)CC1.CCCCCC1CCC(CCc2cnc(-c3ccc(C#N)cc3)nc2)CC1. The van der Waals surface area contributed by atoms with Crippen molar-refractivity contribution in [2.45, 2.75) is 136 Å². The molecular formula is C47H60N6. The maximum Gasteiger partial charge on any atom is 0.159 e. The van der Waals surface area contributed by atoms with Gasteiger partial charge in [0.1, 0.15) is 0 Å². The van der Waals surface area contributed by atoms with Crippen molar-refractivity contribution >= 4 is 0 Å². The molecule has 0 spiro atoms. The molecule has 2 fully saturated rings. The van der Waals surface area contributed by atoms with Gasteiger partial charge in [-0.05, 0) is 109 Å². The van der Waals surface area contributed by atoms with E-state index in [1.54, 1.807) is 0 Å². The number of aryl methyl sites for hydroxylation is 2. The molecule has 2 aromatic carbocycles. The summed E-state index contributed by atoms with van der Waals surface area (Å²) < 4.78 is 0. The number of unbranched alkanes of at least 4 members (excludes halogenated alkanes) is 3. The van der Waals surface area contributed by atoms with Gasteiger partial charge >= 0.3 is 0 Å². The topological polar surface area (TPSA) is 99.1 Å². The number of benzene rings is 2. The zero-order valence-corrected chi connectivity index (χ0v) is 32.4. The average molecular weight is 709 g/mol. The molecule has 0 amide bonds. The fourth-order valence-corrected chi connectivity index (χ4v) is 8.19. The number of nitrogens with zero attached hydrogens (tertiary/aromatic N) is 6. The van der Waals surface area contributed by atoms with E-state index in [0.29, 0.717) is 11.1 Å². The first-order valence-electron chi connectivity index (χ1n) is 20.7. The summed E-state index contributed by atoms with van der Waals surface area (Å²) in [5, 5.41) is 17.8. The van der Waals surface area contributed by atoms with Crippen LogP contribution >= 0.6 is 0 Å². The highest BCUT2D eigenvalue weighted by atomic mass is 14.9. The molecule has 2 aliphatic carbocycles. The van der Waals surface area contributed by atoms with Crippen molar-refractivity contribution in [1.29, 1.82) is 10.5 Å². The molecular weight excluding hydrogens is 649 g/mol. The molecule has 0 bridgehead atoms. The molecule has 278 valence electrons. The van der Waals surface area contributed by atoms with Gasteiger partial charge in [-0.15, -0.1) is 0 Å². The summed E-state index contributed by atoms with van der Waals surface area (Å²) in [6.07, 6.45) is 33.7. The van der Waals surface area contributed by atoms with Crippen molar-refractivity contribution in [3.63, 3.8) is 0 Å². The smallest absolute Gasteiger partial charge is 0.159 e. The molecule has 0 atom stereocenters. The monoisotopic (exact) mass is 708 g/mol. The number of hydrogen-bond acceptors (Lipinski definition) is 6. The molecule has 0 N–H and O–H groups in total. The Labute approximate surface area is 319 Å². The normalized spacial score (nSPS) is 19.7. The second-order valence-corrected chi connectivity index (χ2v) is 15.7. The minimum absolute atomic E-state index is 0.662. The van der Waals surface area contributed by atoms with E-state index in [0.717, 1.165) is 59.3 Å². The highest BCUT2D eigenvalue weighted by Gasteiger charge is 2.22. The number of nitriles is 2. The van der Waals surface area contributed by atoms with E-state index in [2.05, 4.69) is 45.9 Å². The number of aromatic nitrogens is 4. The van der Waals surface area contributed by atoms with Crippen LogP contribution in [0.4, 0.5) is 0 Å². The van der Waals surface area contributed by atoms with Crippen LogP contribution in [0.1, 0.15) is 145 Å². The number of hydrogen-bond donors (Lipinski definition) is 0. The van der Waals surface area contributed by atoms with E-state index in [-0.39, 0.29) is 0 Å². The highest BCUT2D eigenvalue weighted by Crippen LogP contribution is 2.35. The Hall–Kier alpha value is -4.42. The minimum atomic E-state index is 0.662. The van der Waals surface area contributed by atoms with Gasteiger partial charge in [0, 0.05) is 35.9 Å². The predicted molar refractivity (Wildman–Crippen MR) is 216 cm³/mol. The number of rotatable bonds is 15. The molecule has 6 heteroatoms. The van der Waals surface area contributed by atoms with Crippen LogP contribution in [0.3, 0.4) is 0 Å². The maximum absolute atomic E-state index is 8.88. The summed E-state index contributed by atoms with van der Waals surface area (Å²) in [7, 11) is 0. The molecule has 2 aliphatic rings. The minimum Gasteiger partial charge on any atom is -0.236 e. The van der Waals surface area contributed by atoms with E-state index in [1.165, 1.54) is 120 Å². The molecule has 2 saturated carbocycles. The third-order valence-electron chi connectivity index (χ3n) is 11.8. The Kier molecular flexibility index (Phi) is 16.5. The van der Waals surface area contributed by atoms with Gasteiger partial charge in [-0.1, -0.05) is 110 Å². The van der Waals surface area contributed by atoms with E-state index < -0.39 is 0 Å². The Morgan fingerprint density at radius 2 is 0.811 bits per heavy atom. The highest BCUT2D eigenvalue weighted by molar-refractivity contribution is 5.57. The average Bonchev–Trinajstić information content (AvgIpc) is 3.23. The van der Waals surface area contributed by atoms with Crippen molar-refractivity contribution in [2.75, 3.05) is 0 Å². The van der Waals surface area contributed by atoms with Crippen LogP contribution in [0.25, 0.3) is 22.8 Å². The van der Waals surface area contributed by atoms with Gasteiger partial charge < -0.3 is 0 Å². The molecule has 4 aromatic rings. The molecule has 6 rings (SSSR count). The van der Waals surface area contributed by atoms with Crippen molar-refractivity contribution in [3.05, 3.63) is 95.6 Å². The Morgan fingerprint density at radius 1 is 0.472 bits per heavy atom. The zero-order chi connectivity index (χ0) is 37.1. The van der Waals surface area contributed by atoms with Crippen LogP contribution in [0.15, 0.2) is 73.3 Å². The third kappa shape index (κ3) is 13.2. The summed E-state index contributed by atoms with van der Waals surface area (Å²) in [6, 6.07) is 19.1. The third-order valence-corrected chi connectivity index (χ3v) is 11.8. The summed E-state index contributed by atoms with van der Waals surface area (Å²) in [4.78, 5) is 18.1. The lowest BCUT2D eigenvalue weighted by Crippen LogP contribution is -2.15. The van der Waals surface area contributed by atoms with Crippen LogP contribution < -0.4 is 0 Å². The fourth-order valence-electron chi connectivity index (χ4n) is 8.19. The molecule has 53 heavy (non-hydrogen) atoms. The van der Waals surface area contributed by atoms with Gasteiger partial charge in [-0.3, -0.25) is 0 Å². The van der Waals surface area contributed by atoms with Crippen molar-refractivity contribution in [2.24, 2.45) is 23.7 Å². The largest absolute Gasteiger partial charge is 0.236 e. The Morgan fingerprint density at radius 3 is 1.15 bits per heavy atom. The first kappa shape index (κ1) is 39.8. The van der Waals surface area contributed by atoms with Gasteiger partial charge in [0.2, 0.25) is 0 Å². The first-order chi connectivity index (χ1) is 26.1. The fraction of sp³-hybridized carbons (Fsp3) is 0.532. The molecule has 0 radical (unpaired) electrons. The van der Waals surface area contributed by atoms with E-state index >= 15 is 0 Å². The van der Waals surface area contributed by atoms with Gasteiger partial charge in [0.05, 0.1) is 23.3 Å². The van der Waals surface area contributed by atoms with Crippen molar-refractivity contribution < 1.29 is 0 Å². The molecule has 0 aliphatic heterocycles. The molecule has 6 nitrogen and oxygen atoms in total. The quantitative estimate of drug-likeness (QED) is 0.114. The molecule has 2 heterocycles. The molecule has 2 aromatic heterocycles. The van der Waals surface area contributed by atoms with Crippen LogP contribution in [-0.2, 0) is 12.8 Å². The standard InChI is InChI=1S/C24H31N3.C23H29N3/c1-2-3-4-5-19-6-8-20(9-7-19)10-11-22-17-26-24(27-18-22)23-14-12-21(16-25)13-15-23;1-2-3-4-18-5-7-19(8-6-18)9-10-21-16-25-23(26-17-21)22-13-11-20(15-24)12-14-22/h12-15,17-20H,2-11H2,1H3;11-14,16-19H,2-10H2,1H3. The van der Waals surface area contributed by atoms with Gasteiger partial charge in [-0.2, -0.15) is 10.5 Å². The maximum atomic E-state index is 8.88. The summed E-state index contributed by atoms with van der Waals surface area (Å²) in [5.41, 5.74) is 5.71. The van der Waals surface area contributed by atoms with Gasteiger partial charge in [0.25, 0.3) is 0 Å². The summed E-state index contributed by atoms with van der Waals surface area (Å²) >= 11 is 0. The summed E-state index contributed by atoms with van der Waals surface area (Å²) in [5.74, 6) is 5.20. The summed E-state index contributed by atoms with van der Waals surface area (Å²) in [6.45, 7) is 4.58. The van der Waals surface area contributed by atoms with E-state index in [1.807, 2.05) is 73.3 Å². The lowest BCUT2D eigenvalue weighted by atomic mass is 9.78. The van der Waals surface area contributed by atoms with Crippen LogP contribution in [-0.4, -0.2) is 19.9 Å². The predicted octanol–water partition coefficient (Wildman–Crippen LogP) is 12.3. The van der Waals surface area contributed by atoms with Gasteiger partial charge in [-0.25, -0.2) is 19.9 Å². The van der Waals surface area contributed by atoms with Crippen LogP contribution in [0.5, 0.6) is 0 Å². The Bertz CT molecular complexity index is 1680.